The second-order valence-corrected chi connectivity index (χ2v) is 4.93. The number of carbonyl (C=O) groups excluding carboxylic acids is 1. The maximum Gasteiger partial charge on any atom is 0.374 e. The Bertz CT molecular complexity index is 349. The number of hydrogen-bond donors (Lipinski definition) is 1. The standard InChI is InChI=1S/C12H19NO3/c1-12(2,3)8-13-7-9-5-6-16-10(9)11(14)15-4/h5-6,13H,7-8H2,1-4H3. The van der Waals surface area contributed by atoms with Crippen LogP contribution in [0.1, 0.15) is 36.9 Å². The predicted molar refractivity (Wildman–Crippen MR) is 61.2 cm³/mol. The van der Waals surface area contributed by atoms with Crippen LogP contribution in [0.3, 0.4) is 0 Å². The van der Waals surface area contributed by atoms with Crippen molar-refractivity contribution >= 4 is 5.97 Å². The van der Waals surface area contributed by atoms with Crippen molar-refractivity contribution < 1.29 is 13.9 Å². The summed E-state index contributed by atoms with van der Waals surface area (Å²) in [4.78, 5) is 11.3. The number of carbonyl (C=O) groups is 1. The summed E-state index contributed by atoms with van der Waals surface area (Å²) in [6, 6.07) is 1.78. The minimum atomic E-state index is -0.433. The lowest BCUT2D eigenvalue weighted by molar-refractivity contribution is 0.0563. The molecule has 16 heavy (non-hydrogen) atoms. The van der Waals surface area contributed by atoms with Crippen LogP contribution in [0.2, 0.25) is 0 Å². The van der Waals surface area contributed by atoms with E-state index in [9.17, 15) is 4.79 Å². The molecule has 1 rings (SSSR count). The van der Waals surface area contributed by atoms with Gasteiger partial charge in [-0.25, -0.2) is 4.79 Å². The van der Waals surface area contributed by atoms with Gasteiger partial charge in [-0.1, -0.05) is 20.8 Å². The van der Waals surface area contributed by atoms with Crippen LogP contribution in [-0.4, -0.2) is 19.6 Å². The number of ether oxygens (including phenoxy) is 1. The first-order valence-corrected chi connectivity index (χ1v) is 5.29. The van der Waals surface area contributed by atoms with Gasteiger partial charge in [-0.05, 0) is 11.5 Å². The molecular weight excluding hydrogens is 206 g/mol. The topological polar surface area (TPSA) is 51.5 Å². The highest BCUT2D eigenvalue weighted by Gasteiger charge is 2.16. The summed E-state index contributed by atoms with van der Waals surface area (Å²) in [7, 11) is 1.34. The van der Waals surface area contributed by atoms with Gasteiger partial charge in [0.25, 0.3) is 0 Å². The maximum absolute atomic E-state index is 11.3. The summed E-state index contributed by atoms with van der Waals surface area (Å²) >= 11 is 0. The van der Waals surface area contributed by atoms with Gasteiger partial charge in [0, 0.05) is 18.7 Å². The highest BCUT2D eigenvalue weighted by Crippen LogP contribution is 2.14. The third kappa shape index (κ3) is 3.70. The molecule has 0 saturated heterocycles. The van der Waals surface area contributed by atoms with Crippen LogP contribution in [-0.2, 0) is 11.3 Å². The zero-order valence-electron chi connectivity index (χ0n) is 10.3. The van der Waals surface area contributed by atoms with Crippen LogP contribution in [0, 0.1) is 5.41 Å². The minimum Gasteiger partial charge on any atom is -0.463 e. The van der Waals surface area contributed by atoms with Crippen molar-refractivity contribution in [2.24, 2.45) is 5.41 Å². The average molecular weight is 225 g/mol. The van der Waals surface area contributed by atoms with Crippen molar-refractivity contribution in [2.45, 2.75) is 27.3 Å². The molecule has 4 heteroatoms. The summed E-state index contributed by atoms with van der Waals surface area (Å²) in [5.74, 6) is -0.151. The lowest BCUT2D eigenvalue weighted by Gasteiger charge is -2.18. The Balaban J connectivity index is 2.55. The summed E-state index contributed by atoms with van der Waals surface area (Å²) in [6.45, 7) is 7.93. The maximum atomic E-state index is 11.3. The molecule has 0 aromatic carbocycles. The Kier molecular flexibility index (Phi) is 4.12. The van der Waals surface area contributed by atoms with Gasteiger partial charge >= 0.3 is 5.97 Å². The lowest BCUT2D eigenvalue weighted by atomic mass is 9.97. The van der Waals surface area contributed by atoms with Crippen molar-refractivity contribution in [3.8, 4) is 0 Å². The smallest absolute Gasteiger partial charge is 0.374 e. The molecule has 1 aromatic rings. The van der Waals surface area contributed by atoms with Crippen molar-refractivity contribution in [3.63, 3.8) is 0 Å². The third-order valence-corrected chi connectivity index (χ3v) is 2.09. The second kappa shape index (κ2) is 5.16. The molecule has 0 spiro atoms. The van der Waals surface area contributed by atoms with E-state index in [0.717, 1.165) is 12.1 Å². The molecule has 4 nitrogen and oxygen atoms in total. The van der Waals surface area contributed by atoms with Crippen LogP contribution in [0.5, 0.6) is 0 Å². The number of methoxy groups -OCH3 is 1. The lowest BCUT2D eigenvalue weighted by Crippen LogP contribution is -2.26. The highest BCUT2D eigenvalue weighted by molar-refractivity contribution is 5.87. The molecule has 0 bridgehead atoms. The molecular formula is C12H19NO3. The number of esters is 1. The van der Waals surface area contributed by atoms with Crippen LogP contribution >= 0.6 is 0 Å². The number of hydrogen-bond acceptors (Lipinski definition) is 4. The number of nitrogens with one attached hydrogen (secondary N) is 1. The van der Waals surface area contributed by atoms with E-state index >= 15 is 0 Å². The fourth-order valence-corrected chi connectivity index (χ4v) is 1.32. The molecule has 90 valence electrons. The van der Waals surface area contributed by atoms with Gasteiger partial charge in [0.2, 0.25) is 5.76 Å². The first kappa shape index (κ1) is 12.8. The van der Waals surface area contributed by atoms with Gasteiger partial charge in [0.15, 0.2) is 0 Å². The Morgan fingerprint density at radius 3 is 2.75 bits per heavy atom. The quantitative estimate of drug-likeness (QED) is 0.798. The largest absolute Gasteiger partial charge is 0.463 e. The number of rotatable bonds is 4. The zero-order valence-corrected chi connectivity index (χ0v) is 10.3. The van der Waals surface area contributed by atoms with Crippen LogP contribution in [0.15, 0.2) is 16.7 Å². The van der Waals surface area contributed by atoms with Gasteiger partial charge in [0.05, 0.1) is 13.4 Å². The monoisotopic (exact) mass is 225 g/mol. The average Bonchev–Trinajstić information content (AvgIpc) is 2.63. The predicted octanol–water partition coefficient (Wildman–Crippen LogP) is 2.20. The molecule has 0 radical (unpaired) electrons. The summed E-state index contributed by atoms with van der Waals surface area (Å²) in [5, 5.41) is 3.28. The third-order valence-electron chi connectivity index (χ3n) is 2.09. The highest BCUT2D eigenvalue weighted by atomic mass is 16.5. The molecule has 0 unspecified atom stereocenters. The molecule has 0 atom stereocenters. The van der Waals surface area contributed by atoms with Crippen LogP contribution in [0.25, 0.3) is 0 Å². The van der Waals surface area contributed by atoms with E-state index in [-0.39, 0.29) is 11.2 Å². The molecule has 0 amide bonds. The molecule has 0 aliphatic carbocycles. The van der Waals surface area contributed by atoms with E-state index < -0.39 is 5.97 Å². The van der Waals surface area contributed by atoms with E-state index in [4.69, 9.17) is 4.42 Å². The van der Waals surface area contributed by atoms with Gasteiger partial charge in [-0.15, -0.1) is 0 Å². The van der Waals surface area contributed by atoms with E-state index in [0.29, 0.717) is 6.54 Å². The van der Waals surface area contributed by atoms with Crippen molar-refractivity contribution in [1.82, 2.24) is 5.32 Å². The fourth-order valence-electron chi connectivity index (χ4n) is 1.32. The van der Waals surface area contributed by atoms with Crippen LogP contribution < -0.4 is 5.32 Å². The van der Waals surface area contributed by atoms with Crippen LogP contribution in [0.4, 0.5) is 0 Å². The van der Waals surface area contributed by atoms with E-state index in [1.807, 2.05) is 0 Å². The Labute approximate surface area is 96.0 Å². The van der Waals surface area contributed by atoms with Gasteiger partial charge in [0.1, 0.15) is 0 Å². The molecule has 0 aliphatic heterocycles. The Morgan fingerprint density at radius 2 is 2.19 bits per heavy atom. The first-order chi connectivity index (χ1) is 7.44. The Morgan fingerprint density at radius 1 is 1.50 bits per heavy atom. The molecule has 1 heterocycles. The van der Waals surface area contributed by atoms with E-state index in [1.165, 1.54) is 13.4 Å². The second-order valence-electron chi connectivity index (χ2n) is 4.93. The van der Waals surface area contributed by atoms with E-state index in [1.54, 1.807) is 6.07 Å². The fraction of sp³-hybridized carbons (Fsp3) is 0.583. The molecule has 0 aliphatic rings. The van der Waals surface area contributed by atoms with Gasteiger partial charge < -0.3 is 14.5 Å². The van der Waals surface area contributed by atoms with Gasteiger partial charge in [-0.3, -0.25) is 0 Å². The zero-order chi connectivity index (χ0) is 12.2. The van der Waals surface area contributed by atoms with Crippen molar-refractivity contribution in [2.75, 3.05) is 13.7 Å². The summed E-state index contributed by atoms with van der Waals surface area (Å²) in [6.07, 6.45) is 1.50. The summed E-state index contributed by atoms with van der Waals surface area (Å²) < 4.78 is 9.71. The van der Waals surface area contributed by atoms with Gasteiger partial charge in [-0.2, -0.15) is 0 Å². The first-order valence-electron chi connectivity index (χ1n) is 5.29. The minimum absolute atomic E-state index is 0.217. The SMILES string of the molecule is COC(=O)c1occc1CNCC(C)(C)C. The van der Waals surface area contributed by atoms with Crippen molar-refractivity contribution in [3.05, 3.63) is 23.7 Å². The normalized spacial score (nSPS) is 11.5. The molecule has 0 fully saturated rings. The number of furan rings is 1. The molecule has 0 saturated carbocycles. The summed E-state index contributed by atoms with van der Waals surface area (Å²) in [5.41, 5.74) is 1.05. The Hall–Kier alpha value is -1.29. The van der Waals surface area contributed by atoms with E-state index in [2.05, 4.69) is 30.8 Å². The van der Waals surface area contributed by atoms with Crippen molar-refractivity contribution in [1.29, 1.82) is 0 Å². The molecule has 1 N–H and O–H groups in total. The molecule has 1 aromatic heterocycles.